The van der Waals surface area contributed by atoms with Crippen LogP contribution in [0.1, 0.15) is 34.9 Å². The van der Waals surface area contributed by atoms with E-state index in [2.05, 4.69) is 4.98 Å². The molecule has 1 aromatic carbocycles. The molecule has 1 fully saturated rings. The second-order valence-corrected chi connectivity index (χ2v) is 4.76. The molecule has 0 spiro atoms. The van der Waals surface area contributed by atoms with Gasteiger partial charge < -0.3 is 9.88 Å². The van der Waals surface area contributed by atoms with Gasteiger partial charge in [0.25, 0.3) is 5.91 Å². The molecule has 3 nitrogen and oxygen atoms in total. The zero-order valence-corrected chi connectivity index (χ0v) is 10.5. The first kappa shape index (κ1) is 12.0. The van der Waals surface area contributed by atoms with Crippen LogP contribution in [0.15, 0.2) is 42.6 Å². The van der Waals surface area contributed by atoms with Gasteiger partial charge in [-0.3, -0.25) is 4.79 Å². The molecule has 0 bridgehead atoms. The van der Waals surface area contributed by atoms with Crippen LogP contribution >= 0.6 is 0 Å². The standard InChI is InChI=1S/C15H15FN2O/c16-12-6-2-1-5-11(12)15(19)18-10-4-8-14(18)13-7-3-9-17-13/h1-3,5-7,9,14,17H,4,8,10H2. The third-order valence-electron chi connectivity index (χ3n) is 3.60. The molecule has 1 aliphatic rings. The maximum Gasteiger partial charge on any atom is 0.257 e. The largest absolute Gasteiger partial charge is 0.363 e. The molecule has 19 heavy (non-hydrogen) atoms. The van der Waals surface area contributed by atoms with Crippen LogP contribution in [-0.4, -0.2) is 22.3 Å². The Morgan fingerprint density at radius 3 is 2.84 bits per heavy atom. The number of H-pyrrole nitrogens is 1. The molecule has 0 radical (unpaired) electrons. The number of carbonyl (C=O) groups is 1. The van der Waals surface area contributed by atoms with Crippen LogP contribution in [0.4, 0.5) is 4.39 Å². The molecule has 1 saturated heterocycles. The smallest absolute Gasteiger partial charge is 0.257 e. The molecule has 2 heterocycles. The second-order valence-electron chi connectivity index (χ2n) is 4.76. The normalized spacial score (nSPS) is 18.8. The van der Waals surface area contributed by atoms with E-state index in [4.69, 9.17) is 0 Å². The number of rotatable bonds is 2. The molecule has 2 aromatic rings. The minimum Gasteiger partial charge on any atom is -0.363 e. The molecule has 1 unspecified atom stereocenters. The van der Waals surface area contributed by atoms with Crippen LogP contribution in [0, 0.1) is 5.82 Å². The molecular formula is C15H15FN2O. The minimum atomic E-state index is -0.454. The van der Waals surface area contributed by atoms with Crippen LogP contribution in [0.25, 0.3) is 0 Å². The summed E-state index contributed by atoms with van der Waals surface area (Å²) in [5.74, 6) is -0.681. The predicted molar refractivity (Wildman–Crippen MR) is 70.2 cm³/mol. The minimum absolute atomic E-state index is 0.0297. The molecular weight excluding hydrogens is 243 g/mol. The average Bonchev–Trinajstić information content (AvgIpc) is 3.09. The Hall–Kier alpha value is -2.10. The van der Waals surface area contributed by atoms with Crippen LogP contribution in [0.3, 0.4) is 0 Å². The number of nitrogens with zero attached hydrogens (tertiary/aromatic N) is 1. The van der Waals surface area contributed by atoms with Crippen LogP contribution in [0.5, 0.6) is 0 Å². The fourth-order valence-electron chi connectivity index (χ4n) is 2.67. The van der Waals surface area contributed by atoms with Gasteiger partial charge in [0, 0.05) is 18.4 Å². The first-order valence-electron chi connectivity index (χ1n) is 6.46. The van der Waals surface area contributed by atoms with E-state index in [0.717, 1.165) is 18.5 Å². The molecule has 1 amide bonds. The highest BCUT2D eigenvalue weighted by molar-refractivity contribution is 5.94. The van der Waals surface area contributed by atoms with Crippen molar-refractivity contribution >= 4 is 5.91 Å². The number of nitrogens with one attached hydrogen (secondary N) is 1. The molecule has 4 heteroatoms. The number of benzene rings is 1. The fraction of sp³-hybridized carbons (Fsp3) is 0.267. The Morgan fingerprint density at radius 2 is 2.11 bits per heavy atom. The summed E-state index contributed by atoms with van der Waals surface area (Å²) < 4.78 is 13.7. The number of hydrogen-bond donors (Lipinski definition) is 1. The maximum atomic E-state index is 13.7. The van der Waals surface area contributed by atoms with E-state index in [-0.39, 0.29) is 17.5 Å². The summed E-state index contributed by atoms with van der Waals surface area (Å²) in [6.07, 6.45) is 3.71. The van der Waals surface area contributed by atoms with Gasteiger partial charge in [-0.05, 0) is 37.1 Å². The van der Waals surface area contributed by atoms with Crippen molar-refractivity contribution in [3.05, 3.63) is 59.7 Å². The van der Waals surface area contributed by atoms with Gasteiger partial charge in [-0.15, -0.1) is 0 Å². The lowest BCUT2D eigenvalue weighted by Gasteiger charge is -2.24. The lowest BCUT2D eigenvalue weighted by molar-refractivity contribution is 0.0728. The van der Waals surface area contributed by atoms with Crippen molar-refractivity contribution in [1.29, 1.82) is 0 Å². The first-order chi connectivity index (χ1) is 9.27. The molecule has 1 aromatic heterocycles. The van der Waals surface area contributed by atoms with Crippen molar-refractivity contribution in [1.82, 2.24) is 9.88 Å². The lowest BCUT2D eigenvalue weighted by atomic mass is 10.1. The molecule has 0 saturated carbocycles. The van der Waals surface area contributed by atoms with Crippen LogP contribution in [0.2, 0.25) is 0 Å². The number of hydrogen-bond acceptors (Lipinski definition) is 1. The number of likely N-dealkylation sites (tertiary alicyclic amines) is 1. The number of halogens is 1. The highest BCUT2D eigenvalue weighted by atomic mass is 19.1. The summed E-state index contributed by atoms with van der Waals surface area (Å²) in [5, 5.41) is 0. The molecule has 98 valence electrons. The van der Waals surface area contributed by atoms with Crippen molar-refractivity contribution in [2.45, 2.75) is 18.9 Å². The van der Waals surface area contributed by atoms with Gasteiger partial charge >= 0.3 is 0 Å². The van der Waals surface area contributed by atoms with Crippen molar-refractivity contribution < 1.29 is 9.18 Å². The van der Waals surface area contributed by atoms with E-state index in [9.17, 15) is 9.18 Å². The Bertz CT molecular complexity index is 580. The van der Waals surface area contributed by atoms with E-state index < -0.39 is 5.82 Å². The zero-order valence-electron chi connectivity index (χ0n) is 10.5. The number of carbonyl (C=O) groups excluding carboxylic acids is 1. The Morgan fingerprint density at radius 1 is 1.26 bits per heavy atom. The summed E-state index contributed by atoms with van der Waals surface area (Å²) in [6.45, 7) is 0.677. The zero-order chi connectivity index (χ0) is 13.2. The van der Waals surface area contributed by atoms with Crippen LogP contribution < -0.4 is 0 Å². The maximum absolute atomic E-state index is 13.7. The number of aromatic amines is 1. The van der Waals surface area contributed by atoms with E-state index in [0.29, 0.717) is 6.54 Å². The Labute approximate surface area is 111 Å². The number of aromatic nitrogens is 1. The predicted octanol–water partition coefficient (Wildman–Crippen LogP) is 3.13. The van der Waals surface area contributed by atoms with E-state index >= 15 is 0 Å². The van der Waals surface area contributed by atoms with Crippen molar-refractivity contribution in [2.75, 3.05) is 6.54 Å². The highest BCUT2D eigenvalue weighted by Gasteiger charge is 2.32. The quantitative estimate of drug-likeness (QED) is 0.882. The monoisotopic (exact) mass is 258 g/mol. The van der Waals surface area contributed by atoms with Gasteiger partial charge in [-0.2, -0.15) is 0 Å². The average molecular weight is 258 g/mol. The number of amides is 1. The molecule has 1 aliphatic heterocycles. The first-order valence-corrected chi connectivity index (χ1v) is 6.46. The van der Waals surface area contributed by atoms with Crippen LogP contribution in [-0.2, 0) is 0 Å². The van der Waals surface area contributed by atoms with Crippen molar-refractivity contribution in [3.63, 3.8) is 0 Å². The van der Waals surface area contributed by atoms with Crippen molar-refractivity contribution in [2.24, 2.45) is 0 Å². The molecule has 0 aliphatic carbocycles. The summed E-state index contributed by atoms with van der Waals surface area (Å²) in [4.78, 5) is 17.3. The highest BCUT2D eigenvalue weighted by Crippen LogP contribution is 2.32. The lowest BCUT2D eigenvalue weighted by Crippen LogP contribution is -2.31. The fourth-order valence-corrected chi connectivity index (χ4v) is 2.67. The third kappa shape index (κ3) is 2.14. The van der Waals surface area contributed by atoms with Gasteiger partial charge in [0.1, 0.15) is 5.82 Å². The molecule has 1 atom stereocenters. The van der Waals surface area contributed by atoms with E-state index in [1.54, 1.807) is 23.1 Å². The summed E-state index contributed by atoms with van der Waals surface area (Å²) in [5.41, 5.74) is 1.17. The van der Waals surface area contributed by atoms with Crippen molar-refractivity contribution in [3.8, 4) is 0 Å². The third-order valence-corrected chi connectivity index (χ3v) is 3.60. The summed E-state index contributed by atoms with van der Waals surface area (Å²) >= 11 is 0. The summed E-state index contributed by atoms with van der Waals surface area (Å²) in [6, 6.07) is 10.1. The van der Waals surface area contributed by atoms with E-state index in [1.807, 2.05) is 18.3 Å². The second kappa shape index (κ2) is 4.88. The van der Waals surface area contributed by atoms with Gasteiger partial charge in [0.05, 0.1) is 11.6 Å². The molecule has 1 N–H and O–H groups in total. The van der Waals surface area contributed by atoms with Gasteiger partial charge in [-0.1, -0.05) is 12.1 Å². The van der Waals surface area contributed by atoms with E-state index in [1.165, 1.54) is 6.07 Å². The topological polar surface area (TPSA) is 36.1 Å². The Kier molecular flexibility index (Phi) is 3.07. The Balaban J connectivity index is 1.89. The van der Waals surface area contributed by atoms with Gasteiger partial charge in [-0.25, -0.2) is 4.39 Å². The van der Waals surface area contributed by atoms with Gasteiger partial charge in [0.2, 0.25) is 0 Å². The van der Waals surface area contributed by atoms with Gasteiger partial charge in [0.15, 0.2) is 0 Å². The molecule has 3 rings (SSSR count). The SMILES string of the molecule is O=C(c1ccccc1F)N1CCCC1c1ccc[nH]1. The summed E-state index contributed by atoms with van der Waals surface area (Å²) in [7, 11) is 0.